The molecule has 1 heterocycles. The van der Waals surface area contributed by atoms with Crippen LogP contribution in [0, 0.1) is 0 Å². The van der Waals surface area contributed by atoms with Crippen molar-refractivity contribution >= 4 is 36.0 Å². The average Bonchev–Trinajstić information content (AvgIpc) is 2.76. The molecule has 0 bridgehead atoms. The number of carbonyl (C=O) groups excluding carboxylic acids is 1. The number of piperidine rings is 1. The first kappa shape index (κ1) is 28.1. The van der Waals surface area contributed by atoms with Crippen molar-refractivity contribution in [3.63, 3.8) is 0 Å². The van der Waals surface area contributed by atoms with Gasteiger partial charge < -0.3 is 30.1 Å². The standard InChI is InChI=1S/C20H29F3N4O4.HI/c1-3-24-18(26-15-8-10-27(11-9-15)19(29)30-2)25-12-16(28)13-31-17-6-4-14(5-7-17)20(21,22)23;/h4-7,15-16,28H,3,8-13H2,1-2H3,(H2,24,25,26);1H. The first-order valence-electron chi connectivity index (χ1n) is 10.1. The van der Waals surface area contributed by atoms with E-state index in [0.717, 1.165) is 25.0 Å². The predicted molar refractivity (Wildman–Crippen MR) is 124 cm³/mol. The van der Waals surface area contributed by atoms with E-state index in [1.54, 1.807) is 4.90 Å². The minimum Gasteiger partial charge on any atom is -0.491 e. The number of hydrogen-bond donors (Lipinski definition) is 3. The number of methoxy groups -OCH3 is 1. The summed E-state index contributed by atoms with van der Waals surface area (Å²) in [6, 6.07) is 4.41. The fourth-order valence-electron chi connectivity index (χ4n) is 3.03. The molecule has 1 aromatic carbocycles. The van der Waals surface area contributed by atoms with Crippen molar-refractivity contribution in [1.82, 2.24) is 15.5 Å². The molecule has 2 rings (SSSR count). The summed E-state index contributed by atoms with van der Waals surface area (Å²) in [5.74, 6) is 0.769. The van der Waals surface area contributed by atoms with Crippen molar-refractivity contribution in [2.45, 2.75) is 38.1 Å². The van der Waals surface area contributed by atoms with Crippen LogP contribution in [0.25, 0.3) is 0 Å². The van der Waals surface area contributed by atoms with Crippen LogP contribution in [0.2, 0.25) is 0 Å². The number of alkyl halides is 3. The molecule has 0 saturated carbocycles. The van der Waals surface area contributed by atoms with Gasteiger partial charge in [0.25, 0.3) is 0 Å². The van der Waals surface area contributed by atoms with E-state index in [4.69, 9.17) is 9.47 Å². The zero-order valence-corrected chi connectivity index (χ0v) is 20.4. The lowest BCUT2D eigenvalue weighted by atomic mass is 10.1. The molecule has 1 amide bonds. The summed E-state index contributed by atoms with van der Waals surface area (Å²) in [4.78, 5) is 17.5. The zero-order chi connectivity index (χ0) is 22.9. The third-order valence-electron chi connectivity index (χ3n) is 4.70. The maximum absolute atomic E-state index is 12.6. The van der Waals surface area contributed by atoms with Gasteiger partial charge in [-0.3, -0.25) is 4.99 Å². The minimum atomic E-state index is -4.40. The fraction of sp³-hybridized carbons (Fsp3) is 0.600. The maximum Gasteiger partial charge on any atom is 0.416 e. The van der Waals surface area contributed by atoms with E-state index in [-0.39, 0.29) is 55.0 Å². The Balaban J connectivity index is 0.00000512. The van der Waals surface area contributed by atoms with Crippen LogP contribution in [-0.4, -0.2) is 74.1 Å². The molecule has 1 aliphatic heterocycles. The molecular formula is C20H30F3IN4O4. The normalized spacial score (nSPS) is 16.1. The number of aliphatic hydroxyl groups excluding tert-OH is 1. The van der Waals surface area contributed by atoms with E-state index in [0.29, 0.717) is 25.6 Å². The number of nitrogens with zero attached hydrogens (tertiary/aromatic N) is 2. The number of benzene rings is 1. The number of rotatable bonds is 7. The first-order chi connectivity index (χ1) is 14.7. The van der Waals surface area contributed by atoms with Crippen LogP contribution in [0.3, 0.4) is 0 Å². The highest BCUT2D eigenvalue weighted by Gasteiger charge is 2.30. The zero-order valence-electron chi connectivity index (χ0n) is 18.0. The van der Waals surface area contributed by atoms with Crippen LogP contribution < -0.4 is 15.4 Å². The molecule has 3 N–H and O–H groups in total. The highest BCUT2D eigenvalue weighted by atomic mass is 127. The first-order valence-corrected chi connectivity index (χ1v) is 10.1. The second kappa shape index (κ2) is 13.6. The van der Waals surface area contributed by atoms with Crippen LogP contribution in [-0.2, 0) is 10.9 Å². The Morgan fingerprint density at radius 3 is 2.44 bits per heavy atom. The molecule has 0 aromatic heterocycles. The molecule has 1 fully saturated rings. The number of halogens is 4. The van der Waals surface area contributed by atoms with E-state index in [9.17, 15) is 23.1 Å². The van der Waals surface area contributed by atoms with E-state index < -0.39 is 17.8 Å². The van der Waals surface area contributed by atoms with Crippen molar-refractivity contribution < 1.29 is 32.5 Å². The minimum absolute atomic E-state index is 0. The van der Waals surface area contributed by atoms with Gasteiger partial charge in [-0.05, 0) is 44.0 Å². The molecule has 1 aliphatic rings. The van der Waals surface area contributed by atoms with E-state index in [1.807, 2.05) is 6.92 Å². The number of nitrogens with one attached hydrogen (secondary N) is 2. The monoisotopic (exact) mass is 574 g/mol. The maximum atomic E-state index is 12.6. The van der Waals surface area contributed by atoms with Gasteiger partial charge in [0.05, 0.1) is 19.2 Å². The number of guanidine groups is 1. The lowest BCUT2D eigenvalue weighted by molar-refractivity contribution is -0.137. The van der Waals surface area contributed by atoms with Crippen molar-refractivity contribution in [1.29, 1.82) is 0 Å². The van der Waals surface area contributed by atoms with E-state index in [2.05, 4.69) is 15.6 Å². The van der Waals surface area contributed by atoms with Gasteiger partial charge in [0.1, 0.15) is 18.5 Å². The summed E-state index contributed by atoms with van der Waals surface area (Å²) in [5, 5.41) is 16.5. The van der Waals surface area contributed by atoms with Crippen LogP contribution in [0.5, 0.6) is 5.75 Å². The third-order valence-corrected chi connectivity index (χ3v) is 4.70. The number of likely N-dealkylation sites (tertiary alicyclic amines) is 1. The van der Waals surface area contributed by atoms with Gasteiger partial charge in [0.15, 0.2) is 5.96 Å². The van der Waals surface area contributed by atoms with Gasteiger partial charge in [-0.2, -0.15) is 13.2 Å². The number of aliphatic hydroxyl groups is 1. The largest absolute Gasteiger partial charge is 0.491 e. The van der Waals surface area contributed by atoms with Gasteiger partial charge in [0, 0.05) is 25.7 Å². The number of hydrogen-bond acceptors (Lipinski definition) is 5. The number of carbonyl (C=O) groups is 1. The Morgan fingerprint density at radius 2 is 1.91 bits per heavy atom. The number of ether oxygens (including phenoxy) is 2. The molecule has 0 radical (unpaired) electrons. The summed E-state index contributed by atoms with van der Waals surface area (Å²) >= 11 is 0. The molecule has 1 atom stereocenters. The molecule has 8 nitrogen and oxygen atoms in total. The fourth-order valence-corrected chi connectivity index (χ4v) is 3.03. The molecular weight excluding hydrogens is 544 g/mol. The summed E-state index contributed by atoms with van der Waals surface area (Å²) < 4.78 is 47.8. The number of amides is 1. The quantitative estimate of drug-likeness (QED) is 0.264. The molecule has 182 valence electrons. The molecule has 1 unspecified atom stereocenters. The predicted octanol–water partition coefficient (Wildman–Crippen LogP) is 2.85. The summed E-state index contributed by atoms with van der Waals surface area (Å²) in [5.41, 5.74) is -0.760. The van der Waals surface area contributed by atoms with Crippen molar-refractivity contribution in [3.8, 4) is 5.75 Å². The Kier molecular flexibility index (Phi) is 11.9. The lowest BCUT2D eigenvalue weighted by Gasteiger charge is -2.32. The second-order valence-corrected chi connectivity index (χ2v) is 7.08. The SMILES string of the molecule is CCNC(=NCC(O)COc1ccc(C(F)(F)F)cc1)NC1CCN(C(=O)OC)CC1.I. The second-order valence-electron chi connectivity index (χ2n) is 7.08. The van der Waals surface area contributed by atoms with Gasteiger partial charge in [-0.15, -0.1) is 24.0 Å². The molecule has 0 aliphatic carbocycles. The lowest BCUT2D eigenvalue weighted by Crippen LogP contribution is -2.50. The molecule has 12 heteroatoms. The van der Waals surface area contributed by atoms with Crippen molar-refractivity contribution in [2.24, 2.45) is 4.99 Å². The Bertz CT molecular complexity index is 727. The molecule has 0 spiro atoms. The summed E-state index contributed by atoms with van der Waals surface area (Å²) in [7, 11) is 1.36. The number of aliphatic imine (C=N–C) groups is 1. The van der Waals surface area contributed by atoms with Crippen LogP contribution >= 0.6 is 24.0 Å². The summed E-state index contributed by atoms with van der Waals surface area (Å²) in [6.07, 6.45) is -4.20. The van der Waals surface area contributed by atoms with Crippen LogP contribution in [0.15, 0.2) is 29.3 Å². The van der Waals surface area contributed by atoms with Gasteiger partial charge >= 0.3 is 12.3 Å². The third kappa shape index (κ3) is 9.27. The highest BCUT2D eigenvalue weighted by molar-refractivity contribution is 14.0. The van der Waals surface area contributed by atoms with Gasteiger partial charge in [-0.25, -0.2) is 4.79 Å². The van der Waals surface area contributed by atoms with Crippen molar-refractivity contribution in [2.75, 3.05) is 39.9 Å². The average molecular weight is 574 g/mol. The molecule has 1 saturated heterocycles. The van der Waals surface area contributed by atoms with E-state index >= 15 is 0 Å². The Morgan fingerprint density at radius 1 is 1.28 bits per heavy atom. The molecule has 32 heavy (non-hydrogen) atoms. The van der Waals surface area contributed by atoms with Gasteiger partial charge in [-0.1, -0.05) is 0 Å². The highest BCUT2D eigenvalue weighted by Crippen LogP contribution is 2.30. The summed E-state index contributed by atoms with van der Waals surface area (Å²) in [6.45, 7) is 3.65. The van der Waals surface area contributed by atoms with Crippen molar-refractivity contribution in [3.05, 3.63) is 29.8 Å². The van der Waals surface area contributed by atoms with Crippen LogP contribution in [0.4, 0.5) is 18.0 Å². The van der Waals surface area contributed by atoms with Crippen LogP contribution in [0.1, 0.15) is 25.3 Å². The Hall–Kier alpha value is -1.96. The Labute approximate surface area is 202 Å². The topological polar surface area (TPSA) is 95.4 Å². The van der Waals surface area contributed by atoms with E-state index in [1.165, 1.54) is 19.2 Å². The van der Waals surface area contributed by atoms with Gasteiger partial charge in [0.2, 0.25) is 0 Å². The smallest absolute Gasteiger partial charge is 0.416 e. The molecule has 1 aromatic rings.